The van der Waals surface area contributed by atoms with Crippen LogP contribution in [0.1, 0.15) is 0 Å². The molecular weight excluding hydrogens is 1120 g/mol. The van der Waals surface area contributed by atoms with Gasteiger partial charge in [0.05, 0.1) is 11.0 Å². The summed E-state index contributed by atoms with van der Waals surface area (Å²) in [6.07, 6.45) is 3.64. The molecule has 21 aromatic rings. The van der Waals surface area contributed by atoms with Gasteiger partial charge in [-0.15, -0.1) is 0 Å². The minimum absolute atomic E-state index is 0.853. The summed E-state index contributed by atoms with van der Waals surface area (Å²) in [6.45, 7) is 0. The molecule has 0 saturated carbocycles. The maximum absolute atomic E-state index is 6.33. The monoisotopic (exact) mass is 1170 g/mol. The van der Waals surface area contributed by atoms with E-state index in [-0.39, 0.29) is 0 Å². The quantitative estimate of drug-likeness (QED) is 0.169. The SMILES string of the molecule is c1ccc2c(c1)oc1ccc(-c3ccc4c(c3)c3ccccc3n4-c3ccc4oc5ccncc5c4c3)cc12.c1ccc2c(c1)oc1ccc(-c3ccc4oc5ccc(-c6ccc7oc8ccc(-c9ccc%10oc%11ccccc%11c%10c9)cc8c7c6)cc5c4c3)cc12. The highest BCUT2D eigenvalue weighted by Crippen LogP contribution is 2.43. The van der Waals surface area contributed by atoms with E-state index in [1.54, 1.807) is 6.20 Å². The van der Waals surface area contributed by atoms with Crippen molar-refractivity contribution in [1.82, 2.24) is 9.55 Å². The molecular formula is C83H46N2O6. The lowest BCUT2D eigenvalue weighted by Gasteiger charge is -2.09. The second kappa shape index (κ2) is 19.1. The Morgan fingerprint density at radius 3 is 0.868 bits per heavy atom. The van der Waals surface area contributed by atoms with Crippen molar-refractivity contribution in [2.75, 3.05) is 0 Å². The van der Waals surface area contributed by atoms with Gasteiger partial charge in [0.15, 0.2) is 0 Å². The number of benzene rings is 13. The predicted octanol–water partition coefficient (Wildman–Crippen LogP) is 23.9. The number of hydrogen-bond donors (Lipinski definition) is 0. The van der Waals surface area contributed by atoms with Gasteiger partial charge in [-0.2, -0.15) is 0 Å². The smallest absolute Gasteiger partial charge is 0.138 e. The molecule has 8 aromatic heterocycles. The van der Waals surface area contributed by atoms with Gasteiger partial charge in [0.25, 0.3) is 0 Å². The fourth-order valence-corrected chi connectivity index (χ4v) is 14.2. The fourth-order valence-electron chi connectivity index (χ4n) is 14.2. The summed E-state index contributed by atoms with van der Waals surface area (Å²) < 4.78 is 39.3. The Morgan fingerprint density at radius 2 is 0.473 bits per heavy atom. The molecule has 0 unspecified atom stereocenters. The van der Waals surface area contributed by atoms with E-state index in [4.69, 9.17) is 26.5 Å². The number of nitrogens with zero attached hydrogens (tertiary/aromatic N) is 2. The topological polar surface area (TPSA) is 96.7 Å². The lowest BCUT2D eigenvalue weighted by Crippen LogP contribution is -1.93. The third-order valence-electron chi connectivity index (χ3n) is 18.6. The van der Waals surface area contributed by atoms with E-state index in [1.807, 2.05) is 48.7 Å². The van der Waals surface area contributed by atoms with E-state index in [2.05, 4.69) is 234 Å². The summed E-state index contributed by atoms with van der Waals surface area (Å²) in [6, 6.07) is 93.5. The molecule has 13 aromatic carbocycles. The van der Waals surface area contributed by atoms with Crippen molar-refractivity contribution in [3.05, 3.63) is 279 Å². The van der Waals surface area contributed by atoms with E-state index in [1.165, 1.54) is 32.9 Å². The van der Waals surface area contributed by atoms with Crippen LogP contribution in [0.5, 0.6) is 0 Å². The van der Waals surface area contributed by atoms with Gasteiger partial charge in [-0.1, -0.05) is 121 Å². The zero-order chi connectivity index (χ0) is 59.4. The lowest BCUT2D eigenvalue weighted by atomic mass is 9.98. The van der Waals surface area contributed by atoms with Crippen molar-refractivity contribution >= 4 is 153 Å². The van der Waals surface area contributed by atoms with Gasteiger partial charge in [0, 0.05) is 93.5 Å². The van der Waals surface area contributed by atoms with Crippen LogP contribution in [0.15, 0.2) is 306 Å². The Kier molecular flexibility index (Phi) is 10.4. The molecule has 0 fully saturated rings. The highest BCUT2D eigenvalue weighted by Gasteiger charge is 2.19. The van der Waals surface area contributed by atoms with Crippen LogP contribution >= 0.6 is 0 Å². The summed E-state index contributed by atoms with van der Waals surface area (Å²) >= 11 is 0. The summed E-state index contributed by atoms with van der Waals surface area (Å²) in [5.41, 5.74) is 23.2. The van der Waals surface area contributed by atoms with Crippen molar-refractivity contribution in [1.29, 1.82) is 0 Å². The molecule has 0 saturated heterocycles. The van der Waals surface area contributed by atoms with Crippen LogP contribution in [-0.4, -0.2) is 9.55 Å². The molecule has 0 atom stereocenters. The van der Waals surface area contributed by atoms with Crippen LogP contribution in [0.4, 0.5) is 0 Å². The van der Waals surface area contributed by atoms with E-state index < -0.39 is 0 Å². The van der Waals surface area contributed by atoms with Crippen molar-refractivity contribution in [3.8, 4) is 50.2 Å². The second-order valence-corrected chi connectivity index (χ2v) is 23.7. The van der Waals surface area contributed by atoms with Crippen molar-refractivity contribution in [2.24, 2.45) is 0 Å². The van der Waals surface area contributed by atoms with Gasteiger partial charge in [0.2, 0.25) is 0 Å². The summed E-state index contributed by atoms with van der Waals surface area (Å²) in [5.74, 6) is 0. The number of fused-ring (bicyclic) bond motifs is 21. The summed E-state index contributed by atoms with van der Waals surface area (Å²) in [5, 5.41) is 15.7. The molecule has 8 nitrogen and oxygen atoms in total. The number of furan rings is 6. The normalized spacial score (nSPS) is 12.2. The van der Waals surface area contributed by atoms with Crippen LogP contribution in [0.2, 0.25) is 0 Å². The molecule has 0 amide bonds. The molecule has 0 aliphatic rings. The maximum atomic E-state index is 6.33. The maximum Gasteiger partial charge on any atom is 0.138 e. The van der Waals surface area contributed by atoms with Crippen molar-refractivity contribution in [3.63, 3.8) is 0 Å². The van der Waals surface area contributed by atoms with E-state index in [0.29, 0.717) is 0 Å². The van der Waals surface area contributed by atoms with Crippen LogP contribution in [0.3, 0.4) is 0 Å². The molecule has 0 radical (unpaired) electrons. The predicted molar refractivity (Wildman–Crippen MR) is 370 cm³/mol. The van der Waals surface area contributed by atoms with E-state index in [0.717, 1.165) is 171 Å². The average molecular weight is 1170 g/mol. The first-order chi connectivity index (χ1) is 45.0. The summed E-state index contributed by atoms with van der Waals surface area (Å²) in [7, 11) is 0. The molecule has 0 aliphatic carbocycles. The second-order valence-electron chi connectivity index (χ2n) is 23.7. The Labute approximate surface area is 516 Å². The van der Waals surface area contributed by atoms with Crippen LogP contribution in [0.25, 0.3) is 204 Å². The number of rotatable bonds is 5. The molecule has 0 spiro atoms. The first kappa shape index (κ1) is 49.7. The number of para-hydroxylation sites is 4. The van der Waals surface area contributed by atoms with Gasteiger partial charge >= 0.3 is 0 Å². The van der Waals surface area contributed by atoms with Gasteiger partial charge in [-0.25, -0.2) is 0 Å². The Morgan fingerprint density at radius 1 is 0.198 bits per heavy atom. The first-order valence-electron chi connectivity index (χ1n) is 30.5. The highest BCUT2D eigenvalue weighted by molar-refractivity contribution is 6.15. The molecule has 21 rings (SSSR count). The van der Waals surface area contributed by atoms with E-state index in [9.17, 15) is 0 Å². The van der Waals surface area contributed by atoms with Crippen LogP contribution in [0, 0.1) is 0 Å². The minimum atomic E-state index is 0.853. The van der Waals surface area contributed by atoms with Gasteiger partial charge in [-0.05, 0) is 190 Å². The Balaban J connectivity index is 0.000000132. The highest BCUT2D eigenvalue weighted by atomic mass is 16.3. The third-order valence-corrected chi connectivity index (χ3v) is 18.6. The van der Waals surface area contributed by atoms with Crippen LogP contribution in [-0.2, 0) is 0 Å². The number of hydrogen-bond acceptors (Lipinski definition) is 7. The van der Waals surface area contributed by atoms with Gasteiger partial charge in [-0.3, -0.25) is 4.98 Å². The van der Waals surface area contributed by atoms with Crippen molar-refractivity contribution < 1.29 is 26.5 Å². The summed E-state index contributed by atoms with van der Waals surface area (Å²) in [4.78, 5) is 4.33. The standard InChI is InChI=1S/C48H26O4.C35H20N2O2/c1-3-7-41-33(5-1)35-21-27(9-15-43(35)49-41)29-11-17-45-37(23-29)39-25-31(13-19-47(39)51-45)32-14-20-48-40(26-32)38-24-30(12-18-46(38)52-48)28-10-16-44-36(22-28)34-6-2-4-8-42(34)50-44;1-3-7-30-24(5-1)26-17-21(22-10-13-33-27(18-22)25-6-2-4-8-32(25)38-33)9-12-31(26)37(30)23-11-14-34-28(19-23)29-20-36-16-15-35(29)39-34/h1-26H;1-20H. The van der Waals surface area contributed by atoms with Crippen LogP contribution < -0.4 is 0 Å². The molecule has 8 heterocycles. The largest absolute Gasteiger partial charge is 0.456 e. The molecule has 0 bridgehead atoms. The average Bonchev–Trinajstić information content (AvgIpc) is 1.69. The van der Waals surface area contributed by atoms with Crippen molar-refractivity contribution in [2.45, 2.75) is 0 Å². The zero-order valence-electron chi connectivity index (χ0n) is 48.4. The zero-order valence-corrected chi connectivity index (χ0v) is 48.4. The minimum Gasteiger partial charge on any atom is -0.456 e. The number of aromatic nitrogens is 2. The number of pyridine rings is 1. The Hall–Kier alpha value is -12.4. The molecule has 91 heavy (non-hydrogen) atoms. The third kappa shape index (κ3) is 7.73. The van der Waals surface area contributed by atoms with Gasteiger partial charge < -0.3 is 31.1 Å². The Bertz CT molecular complexity index is 6380. The molecule has 8 heteroatoms. The first-order valence-corrected chi connectivity index (χ1v) is 30.5. The fraction of sp³-hybridized carbons (Fsp3) is 0. The molecule has 424 valence electrons. The molecule has 0 aliphatic heterocycles. The van der Waals surface area contributed by atoms with Gasteiger partial charge in [0.1, 0.15) is 67.0 Å². The van der Waals surface area contributed by atoms with E-state index >= 15 is 0 Å². The molecule has 0 N–H and O–H groups in total. The lowest BCUT2D eigenvalue weighted by molar-refractivity contribution is 0.668.